The van der Waals surface area contributed by atoms with Crippen LogP contribution in [0.15, 0.2) is 24.3 Å². The van der Waals surface area contributed by atoms with Crippen molar-refractivity contribution in [1.29, 1.82) is 0 Å². The molecule has 0 radical (unpaired) electrons. The van der Waals surface area contributed by atoms with Gasteiger partial charge in [0.05, 0.1) is 12.1 Å². The number of carbonyl (C=O) groups is 2. The summed E-state index contributed by atoms with van der Waals surface area (Å²) < 4.78 is 13.0. The van der Waals surface area contributed by atoms with E-state index in [9.17, 15) is 9.59 Å². The number of rotatable bonds is 5. The van der Waals surface area contributed by atoms with Crippen molar-refractivity contribution in [3.8, 4) is 12.3 Å². The van der Waals surface area contributed by atoms with Crippen LogP contribution in [0.4, 0.5) is 9.59 Å². The molecule has 1 aliphatic carbocycles. The molecule has 1 fully saturated rings. The number of benzene rings is 1. The molecule has 33 heavy (non-hydrogen) atoms. The minimum absolute atomic E-state index is 0.254. The summed E-state index contributed by atoms with van der Waals surface area (Å²) >= 11 is 0. The maximum Gasteiger partial charge on any atom is 0.419 e. The molecule has 0 aliphatic heterocycles. The number of terminal acetylenes is 1. The molecule has 1 amide bonds. The van der Waals surface area contributed by atoms with E-state index in [1.165, 1.54) is 6.42 Å². The third-order valence-corrected chi connectivity index (χ3v) is 5.54. The van der Waals surface area contributed by atoms with Gasteiger partial charge < -0.3 is 14.4 Å². The molecule has 0 saturated heterocycles. The first-order valence-electron chi connectivity index (χ1n) is 11.6. The van der Waals surface area contributed by atoms with Gasteiger partial charge in [-0.3, -0.25) is 0 Å². The summed E-state index contributed by atoms with van der Waals surface area (Å²) in [4.78, 5) is 28.0. The van der Waals surface area contributed by atoms with Gasteiger partial charge >= 0.3 is 12.2 Å². The van der Waals surface area contributed by atoms with Crippen molar-refractivity contribution in [2.24, 2.45) is 5.92 Å². The molecule has 0 spiro atoms. The molecule has 6 heteroatoms. The van der Waals surface area contributed by atoms with Gasteiger partial charge in [-0.1, -0.05) is 18.6 Å². The van der Waals surface area contributed by atoms with Gasteiger partial charge in [0.1, 0.15) is 11.2 Å². The van der Waals surface area contributed by atoms with E-state index in [1.54, 1.807) is 9.47 Å². The van der Waals surface area contributed by atoms with Crippen LogP contribution in [0.3, 0.4) is 0 Å². The molecule has 0 bridgehead atoms. The molecule has 0 unspecified atom stereocenters. The summed E-state index contributed by atoms with van der Waals surface area (Å²) in [7, 11) is 0. The van der Waals surface area contributed by atoms with Crippen molar-refractivity contribution in [3.63, 3.8) is 0 Å². The van der Waals surface area contributed by atoms with Crippen molar-refractivity contribution < 1.29 is 19.1 Å². The first-order valence-corrected chi connectivity index (χ1v) is 11.6. The van der Waals surface area contributed by atoms with Crippen LogP contribution in [0.5, 0.6) is 0 Å². The minimum Gasteiger partial charge on any atom is -0.444 e. The van der Waals surface area contributed by atoms with E-state index < -0.39 is 17.3 Å². The fourth-order valence-electron chi connectivity index (χ4n) is 3.88. The van der Waals surface area contributed by atoms with Crippen LogP contribution >= 0.6 is 0 Å². The molecule has 1 aromatic heterocycles. The lowest BCUT2D eigenvalue weighted by molar-refractivity contribution is 0.0163. The van der Waals surface area contributed by atoms with Crippen molar-refractivity contribution in [2.75, 3.05) is 6.54 Å². The number of nitrogens with zero attached hydrogens (tertiary/aromatic N) is 2. The highest BCUT2D eigenvalue weighted by Gasteiger charge is 2.30. The summed E-state index contributed by atoms with van der Waals surface area (Å²) in [6.07, 6.45) is 8.51. The fraction of sp³-hybridized carbons (Fsp3) is 0.556. The highest BCUT2D eigenvalue weighted by atomic mass is 16.6. The number of amides is 1. The first-order chi connectivity index (χ1) is 15.4. The van der Waals surface area contributed by atoms with E-state index in [-0.39, 0.29) is 12.6 Å². The first kappa shape index (κ1) is 24.7. The smallest absolute Gasteiger partial charge is 0.419 e. The molecule has 1 heterocycles. The Hall–Kier alpha value is -2.94. The average Bonchev–Trinajstić information content (AvgIpc) is 2.98. The molecule has 2 aromatic rings. The van der Waals surface area contributed by atoms with E-state index in [0.717, 1.165) is 29.3 Å². The van der Waals surface area contributed by atoms with Crippen LogP contribution in [0.2, 0.25) is 0 Å². The second-order valence-corrected chi connectivity index (χ2v) is 10.9. The molecule has 1 aliphatic rings. The van der Waals surface area contributed by atoms with Crippen molar-refractivity contribution >= 4 is 23.1 Å². The zero-order valence-corrected chi connectivity index (χ0v) is 20.7. The largest absolute Gasteiger partial charge is 0.444 e. The third-order valence-electron chi connectivity index (χ3n) is 5.54. The number of aromatic nitrogens is 1. The summed E-state index contributed by atoms with van der Waals surface area (Å²) in [6.45, 7) is 11.9. The Bertz CT molecular complexity index is 1060. The molecule has 1 aromatic carbocycles. The molecule has 3 rings (SSSR count). The van der Waals surface area contributed by atoms with Crippen LogP contribution in [0, 0.1) is 18.3 Å². The Balaban J connectivity index is 2.02. The summed E-state index contributed by atoms with van der Waals surface area (Å²) in [5.74, 6) is 3.11. The lowest BCUT2D eigenvalue weighted by Gasteiger charge is -2.33. The highest BCUT2D eigenvalue weighted by Crippen LogP contribution is 2.30. The van der Waals surface area contributed by atoms with E-state index in [4.69, 9.17) is 15.9 Å². The highest BCUT2D eigenvalue weighted by molar-refractivity contribution is 5.91. The van der Waals surface area contributed by atoms with Crippen LogP contribution in [0.25, 0.3) is 10.9 Å². The van der Waals surface area contributed by atoms with Gasteiger partial charge in [0, 0.05) is 24.0 Å². The van der Waals surface area contributed by atoms with E-state index in [2.05, 4.69) is 5.92 Å². The van der Waals surface area contributed by atoms with E-state index in [0.29, 0.717) is 24.6 Å². The maximum absolute atomic E-state index is 13.3. The molecule has 6 nitrogen and oxygen atoms in total. The number of ether oxygens (including phenoxy) is 2. The van der Waals surface area contributed by atoms with E-state index in [1.807, 2.05) is 65.8 Å². The zero-order chi connectivity index (χ0) is 24.4. The topological polar surface area (TPSA) is 60.8 Å². The number of fused-ring (bicyclic) bond motifs is 1. The lowest BCUT2D eigenvalue weighted by Crippen LogP contribution is -2.41. The minimum atomic E-state index is -0.655. The van der Waals surface area contributed by atoms with Gasteiger partial charge in [-0.15, -0.1) is 12.3 Å². The van der Waals surface area contributed by atoms with Gasteiger partial charge in [-0.05, 0) is 78.0 Å². The molecule has 1 saturated carbocycles. The van der Waals surface area contributed by atoms with Crippen LogP contribution in [0.1, 0.15) is 72.1 Å². The molecule has 0 N–H and O–H groups in total. The Kier molecular flexibility index (Phi) is 7.11. The predicted octanol–water partition coefficient (Wildman–Crippen LogP) is 6.14. The van der Waals surface area contributed by atoms with Gasteiger partial charge in [0.15, 0.2) is 0 Å². The summed E-state index contributed by atoms with van der Waals surface area (Å²) in [6, 6.07) is 7.78. The van der Waals surface area contributed by atoms with Crippen molar-refractivity contribution in [3.05, 3.63) is 35.5 Å². The SMILES string of the molecule is C#CCc1ccc2cc(CN(CC3CCC3)C(=O)OC(C)(C)C)n(C(=O)OC(C)(C)C)c2c1. The van der Waals surface area contributed by atoms with Gasteiger partial charge in [-0.25, -0.2) is 14.2 Å². The predicted molar refractivity (Wildman–Crippen MR) is 130 cm³/mol. The standard InChI is InChI=1S/C27H36N2O4/c1-8-10-19-13-14-21-16-22(29(23(21)15-19)25(31)33-27(5,6)7)18-28(17-20-11-9-12-20)24(30)32-26(2,3)4/h1,13-16,20H,9-12,17-18H2,2-7H3. The van der Waals surface area contributed by atoms with Gasteiger partial charge in [0.2, 0.25) is 0 Å². The Morgan fingerprint density at radius 3 is 2.30 bits per heavy atom. The average molecular weight is 453 g/mol. The number of carbonyl (C=O) groups excluding carboxylic acids is 2. The molecule has 178 valence electrons. The molecule has 0 atom stereocenters. The van der Waals surface area contributed by atoms with Gasteiger partial charge in [0.25, 0.3) is 0 Å². The number of hydrogen-bond acceptors (Lipinski definition) is 4. The Morgan fingerprint density at radius 2 is 1.76 bits per heavy atom. The van der Waals surface area contributed by atoms with Crippen LogP contribution in [-0.4, -0.2) is 39.4 Å². The Morgan fingerprint density at radius 1 is 1.09 bits per heavy atom. The fourth-order valence-corrected chi connectivity index (χ4v) is 3.88. The quantitative estimate of drug-likeness (QED) is 0.512. The monoisotopic (exact) mass is 452 g/mol. The molecular weight excluding hydrogens is 416 g/mol. The van der Waals surface area contributed by atoms with Crippen molar-refractivity contribution in [2.45, 2.75) is 85.0 Å². The third kappa shape index (κ3) is 6.54. The van der Waals surface area contributed by atoms with Crippen LogP contribution < -0.4 is 0 Å². The normalized spacial score (nSPS) is 14.5. The molecular formula is C27H36N2O4. The summed E-state index contributed by atoms with van der Waals surface area (Å²) in [5.41, 5.74) is 1.09. The second-order valence-electron chi connectivity index (χ2n) is 10.9. The van der Waals surface area contributed by atoms with Crippen LogP contribution in [-0.2, 0) is 22.4 Å². The van der Waals surface area contributed by atoms with Gasteiger partial charge in [-0.2, -0.15) is 0 Å². The zero-order valence-electron chi connectivity index (χ0n) is 20.7. The van der Waals surface area contributed by atoms with E-state index >= 15 is 0 Å². The lowest BCUT2D eigenvalue weighted by atomic mass is 9.85. The van der Waals surface area contributed by atoms with Crippen molar-refractivity contribution in [1.82, 2.24) is 9.47 Å². The Labute approximate surface area is 197 Å². The number of hydrogen-bond donors (Lipinski definition) is 0. The second kappa shape index (κ2) is 9.51. The maximum atomic E-state index is 13.3. The summed E-state index contributed by atoms with van der Waals surface area (Å²) in [5, 5.41) is 0.893.